The zero-order valence-corrected chi connectivity index (χ0v) is 12.9. The van der Waals surface area contributed by atoms with Crippen molar-refractivity contribution in [3.63, 3.8) is 0 Å². The van der Waals surface area contributed by atoms with Gasteiger partial charge in [0, 0.05) is 32.1 Å². The number of carbonyl (C=O) groups excluding carboxylic acids is 2. The number of nitrogens with zero attached hydrogens (tertiary/aromatic N) is 1. The van der Waals surface area contributed by atoms with Gasteiger partial charge in [0.25, 0.3) is 5.91 Å². The maximum Gasteiger partial charge on any atom is 0.257 e. The van der Waals surface area contributed by atoms with E-state index in [1.807, 2.05) is 0 Å². The number of likely N-dealkylation sites (tertiary alicyclic amines) is 1. The Labute approximate surface area is 129 Å². The van der Waals surface area contributed by atoms with Crippen molar-refractivity contribution in [2.75, 3.05) is 26.7 Å². The van der Waals surface area contributed by atoms with E-state index in [1.54, 1.807) is 18.9 Å². The van der Waals surface area contributed by atoms with Gasteiger partial charge in [-0.3, -0.25) is 9.59 Å². The topological polar surface area (TPSA) is 58.6 Å². The molecule has 0 bridgehead atoms. The second kappa shape index (κ2) is 7.24. The van der Waals surface area contributed by atoms with Crippen molar-refractivity contribution in [3.05, 3.63) is 29.6 Å². The van der Waals surface area contributed by atoms with Crippen molar-refractivity contribution >= 4 is 11.8 Å². The number of hydrogen-bond donors (Lipinski definition) is 1. The highest BCUT2D eigenvalue weighted by Crippen LogP contribution is 2.25. The number of ether oxygens (including phenoxy) is 1. The molecule has 0 unspecified atom stereocenters. The smallest absolute Gasteiger partial charge is 0.257 e. The number of nitrogens with one attached hydrogen (secondary N) is 1. The number of benzene rings is 1. The fourth-order valence-corrected chi connectivity index (χ4v) is 2.67. The molecule has 1 aromatic rings. The van der Waals surface area contributed by atoms with E-state index in [1.165, 1.54) is 18.2 Å². The molecule has 5 nitrogen and oxygen atoms in total. The highest BCUT2D eigenvalue weighted by Gasteiger charge is 2.28. The van der Waals surface area contributed by atoms with E-state index in [9.17, 15) is 14.0 Å². The summed E-state index contributed by atoms with van der Waals surface area (Å²) >= 11 is 0. The number of halogens is 1. The first-order valence-electron chi connectivity index (χ1n) is 7.50. The van der Waals surface area contributed by atoms with Crippen LogP contribution in [-0.2, 0) is 4.79 Å². The van der Waals surface area contributed by atoms with Crippen LogP contribution in [0.25, 0.3) is 0 Å². The van der Waals surface area contributed by atoms with Gasteiger partial charge in [-0.2, -0.15) is 0 Å². The molecule has 2 rings (SSSR count). The number of hydrogen-bond acceptors (Lipinski definition) is 3. The lowest BCUT2D eigenvalue weighted by molar-refractivity contribution is -0.125. The lowest BCUT2D eigenvalue weighted by atomic mass is 9.95. The molecule has 1 aliphatic rings. The zero-order valence-electron chi connectivity index (χ0n) is 12.9. The number of rotatable bonds is 4. The molecular weight excluding hydrogens is 287 g/mol. The normalized spacial score (nSPS) is 15.5. The molecule has 0 atom stereocenters. The molecule has 6 heteroatoms. The van der Waals surface area contributed by atoms with Gasteiger partial charge in [-0.1, -0.05) is 0 Å². The van der Waals surface area contributed by atoms with E-state index in [-0.39, 0.29) is 23.5 Å². The van der Waals surface area contributed by atoms with Crippen LogP contribution in [0.15, 0.2) is 18.2 Å². The van der Waals surface area contributed by atoms with Crippen LogP contribution in [0.5, 0.6) is 5.75 Å². The average Bonchev–Trinajstić information content (AvgIpc) is 2.54. The van der Waals surface area contributed by atoms with Crippen LogP contribution in [0.1, 0.15) is 30.1 Å². The zero-order chi connectivity index (χ0) is 16.1. The third-order valence-corrected chi connectivity index (χ3v) is 3.87. The number of amides is 2. The molecule has 1 fully saturated rings. The van der Waals surface area contributed by atoms with Crippen molar-refractivity contribution in [1.29, 1.82) is 0 Å². The Bertz CT molecular complexity index is 554. The molecule has 22 heavy (non-hydrogen) atoms. The third kappa shape index (κ3) is 3.55. The highest BCUT2D eigenvalue weighted by atomic mass is 19.1. The summed E-state index contributed by atoms with van der Waals surface area (Å²) in [5.41, 5.74) is 0.363. The van der Waals surface area contributed by atoms with Crippen molar-refractivity contribution in [1.82, 2.24) is 10.2 Å². The van der Waals surface area contributed by atoms with Crippen LogP contribution >= 0.6 is 0 Å². The van der Waals surface area contributed by atoms with Crippen molar-refractivity contribution < 1.29 is 18.7 Å². The molecule has 0 radical (unpaired) electrons. The minimum Gasteiger partial charge on any atom is -0.493 e. The summed E-state index contributed by atoms with van der Waals surface area (Å²) in [6, 6.07) is 3.94. The van der Waals surface area contributed by atoms with Crippen LogP contribution in [0, 0.1) is 11.7 Å². The first-order chi connectivity index (χ1) is 10.6. The number of piperidine rings is 1. The summed E-state index contributed by atoms with van der Waals surface area (Å²) in [5.74, 6) is -0.379. The van der Waals surface area contributed by atoms with Gasteiger partial charge in [-0.25, -0.2) is 4.39 Å². The Balaban J connectivity index is 2.08. The van der Waals surface area contributed by atoms with Gasteiger partial charge in [-0.05, 0) is 31.9 Å². The first-order valence-corrected chi connectivity index (χ1v) is 7.50. The lowest BCUT2D eigenvalue weighted by Crippen LogP contribution is -2.42. The minimum atomic E-state index is -0.432. The second-order valence-electron chi connectivity index (χ2n) is 5.25. The van der Waals surface area contributed by atoms with Gasteiger partial charge in [0.1, 0.15) is 11.6 Å². The molecule has 0 aliphatic carbocycles. The van der Waals surface area contributed by atoms with Crippen molar-refractivity contribution in [2.45, 2.75) is 19.8 Å². The Morgan fingerprint density at radius 2 is 2.05 bits per heavy atom. The average molecular weight is 308 g/mol. The van der Waals surface area contributed by atoms with Crippen LogP contribution in [-0.4, -0.2) is 43.5 Å². The van der Waals surface area contributed by atoms with E-state index >= 15 is 0 Å². The van der Waals surface area contributed by atoms with Gasteiger partial charge in [0.2, 0.25) is 5.91 Å². The molecule has 1 saturated heterocycles. The quantitative estimate of drug-likeness (QED) is 0.923. The van der Waals surface area contributed by atoms with Crippen molar-refractivity contribution in [2.24, 2.45) is 5.92 Å². The predicted molar refractivity (Wildman–Crippen MR) is 80.3 cm³/mol. The maximum absolute atomic E-state index is 13.3. The summed E-state index contributed by atoms with van der Waals surface area (Å²) in [4.78, 5) is 25.9. The largest absolute Gasteiger partial charge is 0.493 e. The molecular formula is C16H21FN2O3. The van der Waals surface area contributed by atoms with E-state index in [0.717, 1.165) is 0 Å². The SMILES string of the molecule is CCOc1cc(F)ccc1C(=O)N1CCC(C(=O)NC)CC1. The predicted octanol–water partition coefficient (Wildman–Crippen LogP) is 1.82. The maximum atomic E-state index is 13.3. The lowest BCUT2D eigenvalue weighted by Gasteiger charge is -2.31. The summed E-state index contributed by atoms with van der Waals surface area (Å²) < 4.78 is 18.7. The fraction of sp³-hybridized carbons (Fsp3) is 0.500. The standard InChI is InChI=1S/C16H21FN2O3/c1-3-22-14-10-12(17)4-5-13(14)16(21)19-8-6-11(7-9-19)15(20)18-2/h4-5,10-11H,3,6-9H2,1-2H3,(H,18,20). The van der Waals surface area contributed by atoms with Crippen molar-refractivity contribution in [3.8, 4) is 5.75 Å². The molecule has 0 spiro atoms. The fourth-order valence-electron chi connectivity index (χ4n) is 2.67. The molecule has 120 valence electrons. The van der Waals surface area contributed by atoms with Gasteiger partial charge in [-0.15, -0.1) is 0 Å². The van der Waals surface area contributed by atoms with E-state index in [2.05, 4.69) is 5.32 Å². The van der Waals surface area contributed by atoms with Gasteiger partial charge < -0.3 is 15.0 Å². The monoisotopic (exact) mass is 308 g/mol. The molecule has 1 heterocycles. The molecule has 1 N–H and O–H groups in total. The molecule has 1 aromatic carbocycles. The van der Waals surface area contributed by atoms with Gasteiger partial charge in [0.05, 0.1) is 12.2 Å². The van der Waals surface area contributed by atoms with Crippen LogP contribution in [0.3, 0.4) is 0 Å². The van der Waals surface area contributed by atoms with E-state index < -0.39 is 5.82 Å². The summed E-state index contributed by atoms with van der Waals surface area (Å²) in [6.07, 6.45) is 1.27. The van der Waals surface area contributed by atoms with Gasteiger partial charge >= 0.3 is 0 Å². The summed E-state index contributed by atoms with van der Waals surface area (Å²) in [7, 11) is 1.62. The molecule has 0 saturated carbocycles. The first kappa shape index (κ1) is 16.3. The minimum absolute atomic E-state index is 0.0175. The Morgan fingerprint density at radius 1 is 1.36 bits per heavy atom. The molecule has 1 aliphatic heterocycles. The highest BCUT2D eigenvalue weighted by molar-refractivity contribution is 5.97. The Kier molecular flexibility index (Phi) is 5.35. The van der Waals surface area contributed by atoms with Crippen LogP contribution < -0.4 is 10.1 Å². The summed E-state index contributed by atoms with van der Waals surface area (Å²) in [5, 5.41) is 2.64. The van der Waals surface area contributed by atoms with Gasteiger partial charge in [0.15, 0.2) is 0 Å². The summed E-state index contributed by atoms with van der Waals surface area (Å²) in [6.45, 7) is 3.18. The van der Waals surface area contributed by atoms with E-state index in [4.69, 9.17) is 4.74 Å². The van der Waals surface area contributed by atoms with Crippen LogP contribution in [0.2, 0.25) is 0 Å². The van der Waals surface area contributed by atoms with E-state index in [0.29, 0.717) is 38.1 Å². The van der Waals surface area contributed by atoms with Crippen LogP contribution in [0.4, 0.5) is 4.39 Å². The Morgan fingerprint density at radius 3 is 2.64 bits per heavy atom. The molecule has 0 aromatic heterocycles. The number of carbonyl (C=O) groups is 2. The second-order valence-corrected chi connectivity index (χ2v) is 5.25. The Hall–Kier alpha value is -2.11. The third-order valence-electron chi connectivity index (χ3n) is 3.87. The molecule has 2 amide bonds.